The number of fused-ring (bicyclic) bond motifs is 1. The summed E-state index contributed by atoms with van der Waals surface area (Å²) in [6, 6.07) is 17.1. The van der Waals surface area contributed by atoms with E-state index in [0.717, 1.165) is 43.0 Å². The molecule has 0 radical (unpaired) electrons. The van der Waals surface area contributed by atoms with Gasteiger partial charge < -0.3 is 4.90 Å². The van der Waals surface area contributed by atoms with Crippen LogP contribution in [0.3, 0.4) is 0 Å². The molecule has 2 aliphatic rings. The monoisotopic (exact) mass is 488 g/mol. The minimum Gasteiger partial charge on any atom is -0.336 e. The number of rotatable bonds is 8. The number of amides is 1. The predicted octanol–water partition coefficient (Wildman–Crippen LogP) is 5.74. The minimum absolute atomic E-state index is 0.0521. The van der Waals surface area contributed by atoms with Crippen molar-refractivity contribution in [2.75, 3.05) is 13.1 Å². The molecule has 1 fully saturated rings. The van der Waals surface area contributed by atoms with E-state index in [-0.39, 0.29) is 17.1 Å². The van der Waals surface area contributed by atoms with Crippen molar-refractivity contribution in [2.24, 2.45) is 11.3 Å². The Hall–Kier alpha value is -2.99. The molecule has 0 unspecified atom stereocenters. The molecule has 0 bridgehead atoms. The molecule has 6 heteroatoms. The molecule has 1 aliphatic heterocycles. The number of nitrogens with zero attached hydrogens (tertiary/aromatic N) is 4. The zero-order chi connectivity index (χ0) is 25.3. The summed E-state index contributed by atoms with van der Waals surface area (Å²) in [4.78, 5) is 17.8. The third kappa shape index (κ3) is 6.04. The highest BCUT2D eigenvalue weighted by atomic mass is 19.1. The molecule has 0 spiro atoms. The Kier molecular flexibility index (Phi) is 6.98. The Labute approximate surface area is 213 Å². The number of hydrogen-bond donors (Lipinski definition) is 0. The van der Waals surface area contributed by atoms with E-state index in [0.29, 0.717) is 25.4 Å². The zero-order valence-corrected chi connectivity index (χ0v) is 21.7. The van der Waals surface area contributed by atoms with Gasteiger partial charge in [0, 0.05) is 44.6 Å². The average Bonchev–Trinajstić information content (AvgIpc) is 3.58. The number of carbonyl (C=O) groups excluding carboxylic acids is 1. The van der Waals surface area contributed by atoms with E-state index in [1.165, 1.54) is 30.2 Å². The minimum atomic E-state index is -0.198. The molecule has 0 saturated heterocycles. The van der Waals surface area contributed by atoms with Crippen LogP contribution in [0.1, 0.15) is 62.5 Å². The highest BCUT2D eigenvalue weighted by molar-refractivity contribution is 5.77. The van der Waals surface area contributed by atoms with Crippen molar-refractivity contribution < 1.29 is 9.18 Å². The first-order valence-corrected chi connectivity index (χ1v) is 13.1. The van der Waals surface area contributed by atoms with Gasteiger partial charge in [0.15, 0.2) is 0 Å². The second-order valence-electron chi connectivity index (χ2n) is 11.7. The summed E-state index contributed by atoms with van der Waals surface area (Å²) < 4.78 is 15.9. The van der Waals surface area contributed by atoms with E-state index in [9.17, 15) is 9.18 Å². The van der Waals surface area contributed by atoms with Crippen molar-refractivity contribution in [3.8, 4) is 5.69 Å². The quantitative estimate of drug-likeness (QED) is 0.406. The van der Waals surface area contributed by atoms with Crippen LogP contribution >= 0.6 is 0 Å². The van der Waals surface area contributed by atoms with Gasteiger partial charge in [-0.25, -0.2) is 9.07 Å². The molecular weight excluding hydrogens is 451 g/mol. The smallest absolute Gasteiger partial charge is 0.223 e. The molecule has 5 rings (SSSR count). The van der Waals surface area contributed by atoms with Crippen molar-refractivity contribution in [3.05, 3.63) is 82.9 Å². The maximum absolute atomic E-state index is 13.8. The number of halogens is 1. The summed E-state index contributed by atoms with van der Waals surface area (Å²) in [5.41, 5.74) is 5.40. The van der Waals surface area contributed by atoms with Gasteiger partial charge in [-0.15, -0.1) is 0 Å². The first-order chi connectivity index (χ1) is 17.2. The van der Waals surface area contributed by atoms with Gasteiger partial charge in [-0.2, -0.15) is 5.10 Å². The number of benzene rings is 2. The lowest BCUT2D eigenvalue weighted by Crippen LogP contribution is -2.36. The lowest BCUT2D eigenvalue weighted by Gasteiger charge is -2.29. The average molecular weight is 489 g/mol. The Bertz CT molecular complexity index is 1210. The van der Waals surface area contributed by atoms with Crippen LogP contribution in [0.15, 0.2) is 54.6 Å². The molecule has 0 atom stereocenters. The molecule has 5 nitrogen and oxygen atoms in total. The van der Waals surface area contributed by atoms with Crippen LogP contribution in [0.25, 0.3) is 5.69 Å². The van der Waals surface area contributed by atoms with Crippen LogP contribution in [-0.2, 0) is 30.8 Å². The van der Waals surface area contributed by atoms with E-state index >= 15 is 0 Å². The first kappa shape index (κ1) is 24.7. The topological polar surface area (TPSA) is 41.4 Å². The van der Waals surface area contributed by atoms with E-state index in [4.69, 9.17) is 5.10 Å². The van der Waals surface area contributed by atoms with Crippen molar-refractivity contribution in [1.29, 1.82) is 0 Å². The highest BCUT2D eigenvalue weighted by Gasteiger charge is 2.32. The Morgan fingerprint density at radius 3 is 2.58 bits per heavy atom. The SMILES string of the molecule is CC(C)(C)CC(=O)N(Cc1nn(-c2ccccc2)c2c1CN(Cc1cccc(F)c1)CC2)CC1CC1. The van der Waals surface area contributed by atoms with Crippen molar-refractivity contribution in [2.45, 2.75) is 66.1 Å². The standard InChI is InChI=1S/C30H37FN4O/c1-30(2,3)17-29(36)34(19-22-12-13-22)21-27-26-20-33(18-23-8-7-9-24(31)16-23)15-14-28(26)35(32-27)25-10-5-4-6-11-25/h4-11,16,22H,12-15,17-21H2,1-3H3. The largest absolute Gasteiger partial charge is 0.336 e. The maximum atomic E-state index is 13.8. The summed E-state index contributed by atoms with van der Waals surface area (Å²) in [5.74, 6) is 0.631. The van der Waals surface area contributed by atoms with Gasteiger partial charge in [0.1, 0.15) is 5.82 Å². The van der Waals surface area contributed by atoms with Crippen LogP contribution < -0.4 is 0 Å². The highest BCUT2D eigenvalue weighted by Crippen LogP contribution is 2.33. The number of carbonyl (C=O) groups is 1. The van der Waals surface area contributed by atoms with Gasteiger partial charge in [0.2, 0.25) is 5.91 Å². The first-order valence-electron chi connectivity index (χ1n) is 13.1. The molecular formula is C30H37FN4O. The molecule has 3 aromatic rings. The van der Waals surface area contributed by atoms with Gasteiger partial charge in [0.05, 0.1) is 23.6 Å². The molecule has 1 aliphatic carbocycles. The van der Waals surface area contributed by atoms with Gasteiger partial charge >= 0.3 is 0 Å². The zero-order valence-electron chi connectivity index (χ0n) is 21.7. The lowest BCUT2D eigenvalue weighted by molar-refractivity contribution is -0.134. The second kappa shape index (κ2) is 10.2. The molecule has 2 heterocycles. The Morgan fingerprint density at radius 2 is 1.89 bits per heavy atom. The van der Waals surface area contributed by atoms with Gasteiger partial charge in [-0.3, -0.25) is 9.69 Å². The number of hydrogen-bond acceptors (Lipinski definition) is 3. The Morgan fingerprint density at radius 1 is 1.11 bits per heavy atom. The molecule has 1 aromatic heterocycles. The van der Waals surface area contributed by atoms with Gasteiger partial charge in [-0.05, 0) is 54.0 Å². The van der Waals surface area contributed by atoms with Crippen LogP contribution in [0.2, 0.25) is 0 Å². The summed E-state index contributed by atoms with van der Waals surface area (Å²) in [6.45, 7) is 10.1. The van der Waals surface area contributed by atoms with Crippen LogP contribution in [0.4, 0.5) is 4.39 Å². The third-order valence-electron chi connectivity index (χ3n) is 7.07. The van der Waals surface area contributed by atoms with Crippen molar-refractivity contribution >= 4 is 5.91 Å². The van der Waals surface area contributed by atoms with Crippen LogP contribution in [-0.4, -0.2) is 38.6 Å². The number of aromatic nitrogens is 2. The molecule has 190 valence electrons. The molecule has 2 aromatic carbocycles. The summed E-state index contributed by atoms with van der Waals surface area (Å²) in [6.07, 6.45) is 3.81. The molecule has 0 N–H and O–H groups in total. The van der Waals surface area contributed by atoms with Gasteiger partial charge in [-0.1, -0.05) is 51.1 Å². The van der Waals surface area contributed by atoms with E-state index in [1.54, 1.807) is 12.1 Å². The molecule has 36 heavy (non-hydrogen) atoms. The normalized spacial score (nSPS) is 16.1. The van der Waals surface area contributed by atoms with E-state index in [2.05, 4.69) is 42.5 Å². The fourth-order valence-corrected chi connectivity index (χ4v) is 5.09. The second-order valence-corrected chi connectivity index (χ2v) is 11.7. The maximum Gasteiger partial charge on any atom is 0.223 e. The van der Waals surface area contributed by atoms with E-state index in [1.807, 2.05) is 29.2 Å². The summed E-state index contributed by atoms with van der Waals surface area (Å²) in [7, 11) is 0. The van der Waals surface area contributed by atoms with Gasteiger partial charge in [0.25, 0.3) is 0 Å². The van der Waals surface area contributed by atoms with Crippen LogP contribution in [0, 0.1) is 17.2 Å². The summed E-state index contributed by atoms with van der Waals surface area (Å²) >= 11 is 0. The predicted molar refractivity (Wildman–Crippen MR) is 140 cm³/mol. The fraction of sp³-hybridized carbons (Fsp3) is 0.467. The third-order valence-corrected chi connectivity index (χ3v) is 7.07. The van der Waals surface area contributed by atoms with E-state index < -0.39 is 0 Å². The number of para-hydroxylation sites is 1. The summed E-state index contributed by atoms with van der Waals surface area (Å²) in [5, 5.41) is 5.10. The lowest BCUT2D eigenvalue weighted by atomic mass is 9.91. The Balaban J connectivity index is 1.45. The fourth-order valence-electron chi connectivity index (χ4n) is 5.09. The van der Waals surface area contributed by atoms with Crippen LogP contribution in [0.5, 0.6) is 0 Å². The molecule has 1 saturated carbocycles. The van der Waals surface area contributed by atoms with Crippen molar-refractivity contribution in [1.82, 2.24) is 19.6 Å². The van der Waals surface area contributed by atoms with Crippen molar-refractivity contribution in [3.63, 3.8) is 0 Å². The molecule has 1 amide bonds.